The maximum absolute atomic E-state index is 11.5. The van der Waals surface area contributed by atoms with Crippen LogP contribution in [0.2, 0.25) is 5.02 Å². The monoisotopic (exact) mass is 229 g/mol. The highest BCUT2D eigenvalue weighted by Gasteiger charge is 2.24. The van der Waals surface area contributed by atoms with Gasteiger partial charge in [-0.2, -0.15) is 0 Å². The third kappa shape index (κ3) is 1.88. The molecule has 0 amide bonds. The van der Waals surface area contributed by atoms with Crippen molar-refractivity contribution in [2.75, 3.05) is 7.11 Å². The summed E-state index contributed by atoms with van der Waals surface area (Å²) in [5.41, 5.74) is 2.29. The molecule has 0 unspecified atom stereocenters. The van der Waals surface area contributed by atoms with Crippen LogP contribution in [0.4, 0.5) is 0 Å². The summed E-state index contributed by atoms with van der Waals surface area (Å²) in [4.78, 5) is 11.5. The lowest BCUT2D eigenvalue weighted by atomic mass is 10.1. The third-order valence-corrected chi connectivity index (χ3v) is 2.99. The number of esters is 1. The molecule has 15 heavy (non-hydrogen) atoms. The van der Waals surface area contributed by atoms with Crippen LogP contribution in [0.15, 0.2) is 0 Å². The molecule has 0 saturated carbocycles. The van der Waals surface area contributed by atoms with Gasteiger partial charge in [0.05, 0.1) is 17.7 Å². The Morgan fingerprint density at radius 3 is 2.33 bits per heavy atom. The lowest BCUT2D eigenvalue weighted by Crippen LogP contribution is -2.03. The smallest absolute Gasteiger partial charge is 0.341 e. The second-order valence-electron chi connectivity index (χ2n) is 3.86. The van der Waals surface area contributed by atoms with Crippen LogP contribution in [0.25, 0.3) is 0 Å². The van der Waals surface area contributed by atoms with Crippen molar-refractivity contribution in [2.24, 2.45) is 7.05 Å². The van der Waals surface area contributed by atoms with Gasteiger partial charge < -0.3 is 9.30 Å². The average molecular weight is 230 g/mol. The Kier molecular flexibility index (Phi) is 3.45. The molecule has 1 heterocycles. The SMILES string of the molecule is COC(=O)c1c(Cl)c(C(C)C)n(C)c1C. The fourth-order valence-electron chi connectivity index (χ4n) is 1.76. The van der Waals surface area contributed by atoms with Gasteiger partial charge >= 0.3 is 5.97 Å². The van der Waals surface area contributed by atoms with E-state index in [9.17, 15) is 4.79 Å². The Labute approximate surface area is 95.0 Å². The molecule has 0 aliphatic heterocycles. The van der Waals surface area contributed by atoms with Gasteiger partial charge in [-0.1, -0.05) is 25.4 Å². The Morgan fingerprint density at radius 1 is 1.47 bits per heavy atom. The topological polar surface area (TPSA) is 31.2 Å². The zero-order valence-electron chi connectivity index (χ0n) is 9.72. The van der Waals surface area contributed by atoms with E-state index in [0.717, 1.165) is 11.4 Å². The van der Waals surface area contributed by atoms with Crippen LogP contribution in [-0.2, 0) is 11.8 Å². The fourth-order valence-corrected chi connectivity index (χ4v) is 2.32. The van der Waals surface area contributed by atoms with Crippen molar-refractivity contribution in [3.05, 3.63) is 22.0 Å². The van der Waals surface area contributed by atoms with Gasteiger partial charge in [0.15, 0.2) is 0 Å². The highest BCUT2D eigenvalue weighted by atomic mass is 35.5. The van der Waals surface area contributed by atoms with Crippen LogP contribution < -0.4 is 0 Å². The number of carbonyl (C=O) groups is 1. The number of ether oxygens (including phenoxy) is 1. The van der Waals surface area contributed by atoms with Gasteiger partial charge in [0.2, 0.25) is 0 Å². The van der Waals surface area contributed by atoms with E-state index in [2.05, 4.69) is 0 Å². The lowest BCUT2D eigenvalue weighted by Gasteiger charge is -2.08. The third-order valence-electron chi connectivity index (χ3n) is 2.61. The van der Waals surface area contributed by atoms with E-state index in [-0.39, 0.29) is 11.9 Å². The normalized spacial score (nSPS) is 10.9. The number of halogens is 1. The number of hydrogen-bond donors (Lipinski definition) is 0. The van der Waals surface area contributed by atoms with Gasteiger partial charge in [0.25, 0.3) is 0 Å². The molecule has 0 aromatic carbocycles. The second kappa shape index (κ2) is 4.27. The first-order valence-corrected chi connectivity index (χ1v) is 5.22. The van der Waals surface area contributed by atoms with E-state index in [1.54, 1.807) is 0 Å². The van der Waals surface area contributed by atoms with Gasteiger partial charge in [0, 0.05) is 18.4 Å². The Bertz CT molecular complexity index is 394. The number of hydrogen-bond acceptors (Lipinski definition) is 2. The van der Waals surface area contributed by atoms with E-state index in [1.807, 2.05) is 32.4 Å². The van der Waals surface area contributed by atoms with Crippen LogP contribution in [0, 0.1) is 6.92 Å². The van der Waals surface area contributed by atoms with Crippen LogP contribution in [0.3, 0.4) is 0 Å². The van der Waals surface area contributed by atoms with E-state index in [1.165, 1.54) is 7.11 Å². The number of nitrogens with zero attached hydrogens (tertiary/aromatic N) is 1. The molecule has 0 atom stereocenters. The summed E-state index contributed by atoms with van der Waals surface area (Å²) < 4.78 is 6.65. The van der Waals surface area contributed by atoms with Gasteiger partial charge in [-0.3, -0.25) is 0 Å². The van der Waals surface area contributed by atoms with E-state index < -0.39 is 0 Å². The molecular formula is C11H16ClNO2. The molecule has 0 aliphatic carbocycles. The van der Waals surface area contributed by atoms with Crippen molar-refractivity contribution in [1.29, 1.82) is 0 Å². The molecule has 0 bridgehead atoms. The van der Waals surface area contributed by atoms with Crippen LogP contribution >= 0.6 is 11.6 Å². The first-order chi connectivity index (χ1) is 6.91. The van der Waals surface area contributed by atoms with Crippen LogP contribution in [0.5, 0.6) is 0 Å². The largest absolute Gasteiger partial charge is 0.465 e. The molecule has 3 nitrogen and oxygen atoms in total. The predicted octanol–water partition coefficient (Wildman–Crippen LogP) is 2.90. The lowest BCUT2D eigenvalue weighted by molar-refractivity contribution is 0.0600. The van der Waals surface area contributed by atoms with Crippen LogP contribution in [0.1, 0.15) is 41.5 Å². The van der Waals surface area contributed by atoms with Crippen molar-refractivity contribution in [3.63, 3.8) is 0 Å². The van der Waals surface area contributed by atoms with Crippen molar-refractivity contribution in [3.8, 4) is 0 Å². The van der Waals surface area contributed by atoms with Crippen LogP contribution in [-0.4, -0.2) is 17.6 Å². The van der Waals surface area contributed by atoms with Crippen molar-refractivity contribution in [1.82, 2.24) is 4.57 Å². The maximum atomic E-state index is 11.5. The molecule has 0 spiro atoms. The summed E-state index contributed by atoms with van der Waals surface area (Å²) in [6.45, 7) is 5.95. The molecule has 1 aromatic rings. The zero-order valence-corrected chi connectivity index (χ0v) is 10.5. The molecule has 0 saturated heterocycles. The van der Waals surface area contributed by atoms with Crippen molar-refractivity contribution >= 4 is 17.6 Å². The Morgan fingerprint density at radius 2 is 2.00 bits per heavy atom. The molecule has 84 valence electrons. The van der Waals surface area contributed by atoms with Gasteiger partial charge in [-0.25, -0.2) is 4.79 Å². The van der Waals surface area contributed by atoms with E-state index in [0.29, 0.717) is 10.6 Å². The maximum Gasteiger partial charge on any atom is 0.341 e. The Hall–Kier alpha value is -0.960. The molecule has 1 rings (SSSR count). The summed E-state index contributed by atoms with van der Waals surface area (Å²) in [7, 11) is 3.27. The summed E-state index contributed by atoms with van der Waals surface area (Å²) in [6.07, 6.45) is 0. The summed E-state index contributed by atoms with van der Waals surface area (Å²) >= 11 is 6.18. The van der Waals surface area contributed by atoms with Gasteiger partial charge in [0.1, 0.15) is 0 Å². The highest BCUT2D eigenvalue weighted by molar-refractivity contribution is 6.34. The predicted molar refractivity (Wildman–Crippen MR) is 60.6 cm³/mol. The molecule has 4 heteroatoms. The van der Waals surface area contributed by atoms with E-state index in [4.69, 9.17) is 16.3 Å². The van der Waals surface area contributed by atoms with Crippen molar-refractivity contribution < 1.29 is 9.53 Å². The molecule has 1 aromatic heterocycles. The highest BCUT2D eigenvalue weighted by Crippen LogP contribution is 2.32. The minimum Gasteiger partial charge on any atom is -0.465 e. The van der Waals surface area contributed by atoms with Gasteiger partial charge in [-0.05, 0) is 12.8 Å². The minimum atomic E-state index is -0.375. The average Bonchev–Trinajstić information content (AvgIpc) is 2.37. The molecule has 0 radical (unpaired) electrons. The molecule has 0 aliphatic rings. The first kappa shape index (κ1) is 12.1. The molecular weight excluding hydrogens is 214 g/mol. The van der Waals surface area contributed by atoms with Gasteiger partial charge in [-0.15, -0.1) is 0 Å². The molecule has 0 N–H and O–H groups in total. The molecule has 0 fully saturated rings. The summed E-state index contributed by atoms with van der Waals surface area (Å²) in [5.74, 6) is -0.0976. The summed E-state index contributed by atoms with van der Waals surface area (Å²) in [6, 6.07) is 0. The standard InChI is InChI=1S/C11H16ClNO2/c1-6(2)10-9(12)8(11(14)15-5)7(3)13(10)4/h6H,1-5H3. The Balaban J connectivity index is 3.43. The zero-order chi connectivity index (χ0) is 11.7. The second-order valence-corrected chi connectivity index (χ2v) is 4.24. The minimum absolute atomic E-state index is 0.277. The fraction of sp³-hybridized carbons (Fsp3) is 0.545. The summed E-state index contributed by atoms with van der Waals surface area (Å²) in [5, 5.41) is 0.511. The number of rotatable bonds is 2. The first-order valence-electron chi connectivity index (χ1n) is 4.84. The van der Waals surface area contributed by atoms with E-state index >= 15 is 0 Å². The quantitative estimate of drug-likeness (QED) is 0.731. The number of methoxy groups -OCH3 is 1. The van der Waals surface area contributed by atoms with Crippen molar-refractivity contribution in [2.45, 2.75) is 26.7 Å². The number of carbonyl (C=O) groups excluding carboxylic acids is 1. The number of aromatic nitrogens is 1.